The Morgan fingerprint density at radius 2 is 1.52 bits per heavy atom. The second-order valence-corrected chi connectivity index (χ2v) is 12.7. The van der Waals surface area contributed by atoms with Crippen molar-refractivity contribution in [2.45, 2.75) is 44.8 Å². The quantitative estimate of drug-likeness (QED) is 0.725. The third-order valence-corrected chi connectivity index (χ3v) is 10.6. The SMILES string of the molecule is COC(=O)N1CCC(O[Si](c2ccccc2)(c2ccccc2)C(C)(C)C)CC1=O. The lowest BCUT2D eigenvalue weighted by molar-refractivity contribution is -0.134. The van der Waals surface area contributed by atoms with E-state index in [1.807, 2.05) is 36.4 Å². The van der Waals surface area contributed by atoms with Gasteiger partial charge in [0.25, 0.3) is 8.32 Å². The first-order chi connectivity index (χ1) is 13.8. The molecule has 0 radical (unpaired) electrons. The van der Waals surface area contributed by atoms with Crippen LogP contribution in [0.25, 0.3) is 0 Å². The van der Waals surface area contributed by atoms with E-state index < -0.39 is 14.4 Å². The molecule has 3 rings (SSSR count). The van der Waals surface area contributed by atoms with Crippen LogP contribution in [0.5, 0.6) is 0 Å². The number of carbonyl (C=O) groups excluding carboxylic acids is 2. The molecule has 0 aromatic heterocycles. The van der Waals surface area contributed by atoms with Crippen molar-refractivity contribution in [3.05, 3.63) is 60.7 Å². The van der Waals surface area contributed by atoms with Gasteiger partial charge in [-0.3, -0.25) is 4.79 Å². The van der Waals surface area contributed by atoms with E-state index in [1.165, 1.54) is 22.4 Å². The fraction of sp³-hybridized carbons (Fsp3) is 0.391. The van der Waals surface area contributed by atoms with Gasteiger partial charge in [0.1, 0.15) is 0 Å². The summed E-state index contributed by atoms with van der Waals surface area (Å²) in [6, 6.07) is 20.7. The van der Waals surface area contributed by atoms with E-state index in [0.29, 0.717) is 13.0 Å². The Hall–Kier alpha value is -2.44. The Kier molecular flexibility index (Phi) is 6.24. The standard InChI is InChI=1S/C23H29NO4Si/c1-23(2,3)29(19-11-7-5-8-12-19,20-13-9-6-10-14-20)28-18-15-16-24(21(25)17-18)22(26)27-4/h5-14,18H,15-17H2,1-4H3. The summed E-state index contributed by atoms with van der Waals surface area (Å²) in [6.45, 7) is 6.95. The number of rotatable bonds is 4. The normalized spacial score (nSPS) is 17.9. The maximum Gasteiger partial charge on any atom is 0.416 e. The second kappa shape index (κ2) is 8.51. The topological polar surface area (TPSA) is 55.8 Å². The molecule has 2 aromatic carbocycles. The van der Waals surface area contributed by atoms with E-state index >= 15 is 0 Å². The summed E-state index contributed by atoms with van der Waals surface area (Å²) in [5.74, 6) is -0.244. The molecule has 1 fully saturated rings. The van der Waals surface area contributed by atoms with Gasteiger partial charge in [0.2, 0.25) is 5.91 Å². The summed E-state index contributed by atoms with van der Waals surface area (Å²) in [6.07, 6.45) is -0.0566. The summed E-state index contributed by atoms with van der Waals surface area (Å²) < 4.78 is 11.7. The Bertz CT molecular complexity index is 809. The molecule has 0 bridgehead atoms. The lowest BCUT2D eigenvalue weighted by atomic mass is 10.1. The molecular weight excluding hydrogens is 382 g/mol. The highest BCUT2D eigenvalue weighted by atomic mass is 28.4. The number of nitrogens with zero attached hydrogens (tertiary/aromatic N) is 1. The fourth-order valence-electron chi connectivity index (χ4n) is 4.15. The minimum absolute atomic E-state index is 0.155. The van der Waals surface area contributed by atoms with Gasteiger partial charge in [-0.25, -0.2) is 9.69 Å². The molecule has 0 saturated carbocycles. The van der Waals surface area contributed by atoms with Crippen LogP contribution in [0.4, 0.5) is 4.79 Å². The molecule has 2 amide bonds. The largest absolute Gasteiger partial charge is 0.452 e. The van der Waals surface area contributed by atoms with Crippen LogP contribution >= 0.6 is 0 Å². The third-order valence-electron chi connectivity index (χ3n) is 5.53. The minimum atomic E-state index is -2.71. The average Bonchev–Trinajstić information content (AvgIpc) is 2.72. The Balaban J connectivity index is 2.01. The van der Waals surface area contributed by atoms with Crippen molar-refractivity contribution in [1.82, 2.24) is 4.90 Å². The van der Waals surface area contributed by atoms with Gasteiger partial charge in [-0.05, 0) is 21.8 Å². The van der Waals surface area contributed by atoms with Crippen LogP contribution in [0, 0.1) is 0 Å². The number of hydrogen-bond acceptors (Lipinski definition) is 4. The predicted octanol–water partition coefficient (Wildman–Crippen LogP) is 3.32. The highest BCUT2D eigenvalue weighted by Crippen LogP contribution is 2.38. The molecule has 0 spiro atoms. The average molecular weight is 412 g/mol. The molecule has 2 aromatic rings. The van der Waals surface area contributed by atoms with Crippen molar-refractivity contribution < 1.29 is 18.8 Å². The lowest BCUT2D eigenvalue weighted by Crippen LogP contribution is -2.68. The molecule has 1 aliphatic rings. The monoisotopic (exact) mass is 411 g/mol. The van der Waals surface area contributed by atoms with Crippen molar-refractivity contribution in [3.63, 3.8) is 0 Å². The summed E-state index contributed by atoms with van der Waals surface area (Å²) in [5.41, 5.74) is 0. The first-order valence-electron chi connectivity index (χ1n) is 9.97. The number of carbonyl (C=O) groups is 2. The Morgan fingerprint density at radius 1 is 1.00 bits per heavy atom. The lowest BCUT2D eigenvalue weighted by Gasteiger charge is -2.46. The molecule has 1 aliphatic heterocycles. The van der Waals surface area contributed by atoms with Gasteiger partial charge in [-0.2, -0.15) is 0 Å². The molecule has 6 heteroatoms. The smallest absolute Gasteiger partial charge is 0.416 e. The molecular formula is C23H29NO4Si. The fourth-order valence-corrected chi connectivity index (χ4v) is 8.87. The summed E-state index contributed by atoms with van der Waals surface area (Å²) in [4.78, 5) is 25.6. The van der Waals surface area contributed by atoms with Crippen LogP contribution in [-0.4, -0.2) is 45.0 Å². The number of hydrogen-bond donors (Lipinski definition) is 0. The number of methoxy groups -OCH3 is 1. The molecule has 154 valence electrons. The van der Waals surface area contributed by atoms with Crippen molar-refractivity contribution in [2.75, 3.05) is 13.7 Å². The Labute approximate surface area is 173 Å². The van der Waals surface area contributed by atoms with Crippen LogP contribution in [0.3, 0.4) is 0 Å². The maximum absolute atomic E-state index is 12.6. The molecule has 5 nitrogen and oxygen atoms in total. The van der Waals surface area contributed by atoms with Crippen molar-refractivity contribution in [2.24, 2.45) is 0 Å². The van der Waals surface area contributed by atoms with Crippen LogP contribution in [0.2, 0.25) is 5.04 Å². The van der Waals surface area contributed by atoms with Crippen molar-refractivity contribution >= 4 is 30.7 Å². The molecule has 1 saturated heterocycles. The number of ether oxygens (including phenoxy) is 1. The van der Waals surface area contributed by atoms with Crippen molar-refractivity contribution in [1.29, 1.82) is 0 Å². The van der Waals surface area contributed by atoms with Crippen molar-refractivity contribution in [3.8, 4) is 0 Å². The second-order valence-electron chi connectivity index (χ2n) is 8.41. The summed E-state index contributed by atoms with van der Waals surface area (Å²) in [5, 5.41) is 2.21. The van der Waals surface area contributed by atoms with Gasteiger partial charge in [0, 0.05) is 6.54 Å². The minimum Gasteiger partial charge on any atom is -0.452 e. The number of piperidine rings is 1. The Morgan fingerprint density at radius 3 is 1.93 bits per heavy atom. The van der Waals surface area contributed by atoms with Gasteiger partial charge in [0.05, 0.1) is 19.6 Å². The molecule has 1 unspecified atom stereocenters. The maximum atomic E-state index is 12.6. The summed E-state index contributed by atoms with van der Waals surface area (Å²) >= 11 is 0. The predicted molar refractivity (Wildman–Crippen MR) is 116 cm³/mol. The van der Waals surface area contributed by atoms with Gasteiger partial charge in [0.15, 0.2) is 0 Å². The van der Waals surface area contributed by atoms with E-state index in [9.17, 15) is 9.59 Å². The van der Waals surface area contributed by atoms with E-state index in [0.717, 1.165) is 0 Å². The van der Waals surface area contributed by atoms with Crippen LogP contribution in [-0.2, 0) is 14.0 Å². The highest BCUT2D eigenvalue weighted by Gasteiger charge is 2.52. The number of likely N-dealkylation sites (tertiary alicyclic amines) is 1. The van der Waals surface area contributed by atoms with Crippen LogP contribution in [0.15, 0.2) is 60.7 Å². The molecule has 1 heterocycles. The zero-order valence-electron chi connectivity index (χ0n) is 17.6. The van der Waals surface area contributed by atoms with E-state index in [2.05, 4.69) is 45.0 Å². The first-order valence-corrected chi connectivity index (χ1v) is 11.9. The van der Waals surface area contributed by atoms with Crippen LogP contribution < -0.4 is 10.4 Å². The molecule has 0 N–H and O–H groups in total. The number of amides is 2. The van der Waals surface area contributed by atoms with Gasteiger partial charge in [-0.15, -0.1) is 0 Å². The zero-order valence-corrected chi connectivity index (χ0v) is 18.6. The number of benzene rings is 2. The highest BCUT2D eigenvalue weighted by molar-refractivity contribution is 6.99. The van der Waals surface area contributed by atoms with Gasteiger partial charge < -0.3 is 9.16 Å². The third kappa shape index (κ3) is 4.14. The van der Waals surface area contributed by atoms with E-state index in [1.54, 1.807) is 0 Å². The molecule has 0 aliphatic carbocycles. The first kappa shape index (κ1) is 21.3. The van der Waals surface area contributed by atoms with E-state index in [4.69, 9.17) is 9.16 Å². The van der Waals surface area contributed by atoms with Crippen LogP contribution in [0.1, 0.15) is 33.6 Å². The summed E-state index contributed by atoms with van der Waals surface area (Å²) in [7, 11) is -1.42. The van der Waals surface area contributed by atoms with Gasteiger partial charge >= 0.3 is 6.09 Å². The van der Waals surface area contributed by atoms with E-state index in [-0.39, 0.29) is 23.5 Å². The molecule has 1 atom stereocenters. The number of imide groups is 1. The van der Waals surface area contributed by atoms with Gasteiger partial charge in [-0.1, -0.05) is 81.4 Å². The zero-order chi connectivity index (χ0) is 21.1. The molecule has 29 heavy (non-hydrogen) atoms.